The number of nitrogens with zero attached hydrogens (tertiary/aromatic N) is 3. The Morgan fingerprint density at radius 2 is 1.73 bits per heavy atom. The second-order valence-electron chi connectivity index (χ2n) is 7.41. The summed E-state index contributed by atoms with van der Waals surface area (Å²) in [5.41, 5.74) is 3.21. The topological polar surface area (TPSA) is 36.0 Å². The maximum atomic E-state index is 13.6. The number of methoxy groups -OCH3 is 1. The van der Waals surface area contributed by atoms with Crippen molar-refractivity contribution in [2.24, 2.45) is 0 Å². The van der Waals surface area contributed by atoms with Crippen LogP contribution in [-0.4, -0.2) is 53.6 Å². The molecule has 0 spiro atoms. The lowest BCUT2D eigenvalue weighted by Crippen LogP contribution is -2.44. The van der Waals surface area contributed by atoms with Gasteiger partial charge < -0.3 is 4.74 Å². The Hall–Kier alpha value is -3.31. The zero-order valence-corrected chi connectivity index (χ0v) is 17.3. The fourth-order valence-electron chi connectivity index (χ4n) is 4.38. The van der Waals surface area contributed by atoms with Crippen LogP contribution in [0.5, 0.6) is 5.75 Å². The molecule has 2 heterocycles. The lowest BCUT2D eigenvalue weighted by Gasteiger charge is -2.34. The predicted molar refractivity (Wildman–Crippen MR) is 119 cm³/mol. The highest BCUT2D eigenvalue weighted by Crippen LogP contribution is 2.44. The van der Waals surface area contributed by atoms with Crippen molar-refractivity contribution in [1.82, 2.24) is 14.9 Å². The molecule has 5 heteroatoms. The normalized spacial score (nSPS) is 20.3. The molecule has 0 aliphatic carbocycles. The summed E-state index contributed by atoms with van der Waals surface area (Å²) in [5.74, 6) is 0.916. The van der Waals surface area contributed by atoms with E-state index in [1.807, 2.05) is 59.6 Å². The Bertz CT molecular complexity index is 942. The first-order valence-corrected chi connectivity index (χ1v) is 10.2. The zero-order valence-electron chi connectivity index (χ0n) is 17.3. The molecule has 2 atom stereocenters. The first-order chi connectivity index (χ1) is 14.7. The standard InChI is InChI=1S/C25H27N3O2/c1-4-16-26(17-5-2)24-23(20-9-7-6-8-10-20)28-22(15-18-27(28)25(24)29)19-11-13-21(30-3)14-12-19/h4-15,23-24H,1-2,16-18H2,3H3/t23-,24-/m0/s1. The largest absolute Gasteiger partial charge is 0.497 e. The van der Waals surface area contributed by atoms with Gasteiger partial charge in [0.15, 0.2) is 0 Å². The van der Waals surface area contributed by atoms with Gasteiger partial charge >= 0.3 is 0 Å². The van der Waals surface area contributed by atoms with Crippen molar-refractivity contribution >= 4 is 11.6 Å². The van der Waals surface area contributed by atoms with E-state index in [9.17, 15) is 4.79 Å². The van der Waals surface area contributed by atoms with Crippen LogP contribution in [0.2, 0.25) is 0 Å². The number of carbonyl (C=O) groups is 1. The predicted octanol–water partition coefficient (Wildman–Crippen LogP) is 3.89. The highest BCUT2D eigenvalue weighted by molar-refractivity contribution is 5.89. The van der Waals surface area contributed by atoms with Crippen LogP contribution in [0.25, 0.3) is 5.70 Å². The second kappa shape index (κ2) is 8.59. The summed E-state index contributed by atoms with van der Waals surface area (Å²) in [6.45, 7) is 9.59. The number of rotatable bonds is 8. The smallest absolute Gasteiger partial charge is 0.261 e. The molecule has 1 fully saturated rings. The third-order valence-corrected chi connectivity index (χ3v) is 5.68. The molecule has 5 nitrogen and oxygen atoms in total. The van der Waals surface area contributed by atoms with E-state index in [4.69, 9.17) is 4.74 Å². The van der Waals surface area contributed by atoms with Gasteiger partial charge in [-0.25, -0.2) is 5.01 Å². The molecule has 2 aliphatic heterocycles. The molecular weight excluding hydrogens is 374 g/mol. The molecule has 30 heavy (non-hydrogen) atoms. The quantitative estimate of drug-likeness (QED) is 0.629. The summed E-state index contributed by atoms with van der Waals surface area (Å²) in [7, 11) is 1.66. The fourth-order valence-corrected chi connectivity index (χ4v) is 4.38. The number of carbonyl (C=O) groups excluding carboxylic acids is 1. The molecule has 2 aromatic carbocycles. The van der Waals surface area contributed by atoms with Crippen molar-refractivity contribution in [1.29, 1.82) is 0 Å². The maximum Gasteiger partial charge on any atom is 0.261 e. The van der Waals surface area contributed by atoms with Gasteiger partial charge in [0.1, 0.15) is 17.8 Å². The molecule has 2 aliphatic rings. The van der Waals surface area contributed by atoms with Crippen LogP contribution >= 0.6 is 0 Å². The molecule has 0 saturated carbocycles. The lowest BCUT2D eigenvalue weighted by molar-refractivity contribution is -0.136. The van der Waals surface area contributed by atoms with E-state index in [0.717, 1.165) is 22.6 Å². The van der Waals surface area contributed by atoms with E-state index < -0.39 is 0 Å². The minimum atomic E-state index is -0.314. The number of hydrogen-bond acceptors (Lipinski definition) is 4. The van der Waals surface area contributed by atoms with Gasteiger partial charge in [-0.2, -0.15) is 0 Å². The third kappa shape index (κ3) is 3.42. The van der Waals surface area contributed by atoms with Gasteiger partial charge in [-0.15, -0.1) is 13.2 Å². The van der Waals surface area contributed by atoms with E-state index in [0.29, 0.717) is 19.6 Å². The van der Waals surface area contributed by atoms with Crippen LogP contribution in [0.4, 0.5) is 0 Å². The van der Waals surface area contributed by atoms with Gasteiger partial charge in [-0.05, 0) is 41.5 Å². The van der Waals surface area contributed by atoms with E-state index in [1.54, 1.807) is 7.11 Å². The Labute approximate surface area is 178 Å². The van der Waals surface area contributed by atoms with Crippen molar-refractivity contribution < 1.29 is 9.53 Å². The van der Waals surface area contributed by atoms with E-state index in [-0.39, 0.29) is 18.0 Å². The van der Waals surface area contributed by atoms with Crippen molar-refractivity contribution in [3.8, 4) is 5.75 Å². The molecule has 0 N–H and O–H groups in total. The van der Waals surface area contributed by atoms with Gasteiger partial charge in [0.05, 0.1) is 19.4 Å². The first kappa shape index (κ1) is 20.0. The van der Waals surface area contributed by atoms with Gasteiger partial charge in [0.25, 0.3) is 5.91 Å². The fraction of sp³-hybridized carbons (Fsp3) is 0.240. The van der Waals surface area contributed by atoms with Crippen LogP contribution < -0.4 is 4.74 Å². The maximum absolute atomic E-state index is 13.6. The third-order valence-electron chi connectivity index (χ3n) is 5.68. The monoisotopic (exact) mass is 401 g/mol. The lowest BCUT2D eigenvalue weighted by atomic mass is 9.96. The molecule has 1 amide bonds. The first-order valence-electron chi connectivity index (χ1n) is 10.2. The molecule has 0 unspecified atom stereocenters. The number of ether oxygens (including phenoxy) is 1. The molecular formula is C25H27N3O2. The van der Waals surface area contributed by atoms with Gasteiger partial charge in [-0.3, -0.25) is 14.7 Å². The number of benzene rings is 2. The zero-order chi connectivity index (χ0) is 21.1. The molecule has 0 radical (unpaired) electrons. The van der Waals surface area contributed by atoms with Crippen LogP contribution in [0.3, 0.4) is 0 Å². The van der Waals surface area contributed by atoms with Crippen molar-refractivity contribution in [3.05, 3.63) is 97.1 Å². The molecule has 1 saturated heterocycles. The summed E-state index contributed by atoms with van der Waals surface area (Å²) in [5, 5.41) is 4.02. The van der Waals surface area contributed by atoms with Crippen molar-refractivity contribution in [2.75, 3.05) is 26.7 Å². The number of hydrogen-bond donors (Lipinski definition) is 0. The minimum absolute atomic E-state index is 0.104. The highest BCUT2D eigenvalue weighted by Gasteiger charge is 2.52. The van der Waals surface area contributed by atoms with Crippen LogP contribution in [0.1, 0.15) is 17.2 Å². The SMILES string of the molecule is C=CCN(CC=C)[C@@H]1C(=O)N2CC=C(c3ccc(OC)cc3)N2[C@H]1c1ccccc1. The summed E-state index contributed by atoms with van der Waals surface area (Å²) in [6, 6.07) is 17.8. The average molecular weight is 402 g/mol. The van der Waals surface area contributed by atoms with Crippen molar-refractivity contribution in [3.63, 3.8) is 0 Å². The average Bonchev–Trinajstić information content (AvgIpc) is 3.33. The van der Waals surface area contributed by atoms with E-state index in [1.165, 1.54) is 0 Å². The number of fused-ring (bicyclic) bond motifs is 1. The van der Waals surface area contributed by atoms with Crippen LogP contribution in [0, 0.1) is 0 Å². The number of amides is 1. The highest BCUT2D eigenvalue weighted by atomic mass is 16.5. The summed E-state index contributed by atoms with van der Waals surface area (Å²) < 4.78 is 5.31. The van der Waals surface area contributed by atoms with Gasteiger partial charge in [0.2, 0.25) is 0 Å². The van der Waals surface area contributed by atoms with Gasteiger partial charge in [0, 0.05) is 13.1 Å². The molecule has 2 aromatic rings. The summed E-state index contributed by atoms with van der Waals surface area (Å²) >= 11 is 0. The Balaban J connectivity index is 1.78. The van der Waals surface area contributed by atoms with E-state index in [2.05, 4.69) is 41.3 Å². The van der Waals surface area contributed by atoms with Crippen LogP contribution in [-0.2, 0) is 4.79 Å². The molecule has 4 rings (SSSR count). The van der Waals surface area contributed by atoms with Gasteiger partial charge in [-0.1, -0.05) is 42.5 Å². The summed E-state index contributed by atoms with van der Waals surface area (Å²) in [6.07, 6.45) is 5.81. The van der Waals surface area contributed by atoms with E-state index >= 15 is 0 Å². The minimum Gasteiger partial charge on any atom is -0.497 e. The summed E-state index contributed by atoms with van der Waals surface area (Å²) in [4.78, 5) is 15.7. The Kier molecular flexibility index (Phi) is 5.72. The Morgan fingerprint density at radius 3 is 2.33 bits per heavy atom. The Morgan fingerprint density at radius 1 is 1.07 bits per heavy atom. The molecule has 0 aromatic heterocycles. The molecule has 0 bridgehead atoms. The molecule has 154 valence electrons. The second-order valence-corrected chi connectivity index (χ2v) is 7.41. The van der Waals surface area contributed by atoms with Crippen molar-refractivity contribution in [2.45, 2.75) is 12.1 Å². The van der Waals surface area contributed by atoms with Crippen LogP contribution in [0.15, 0.2) is 86.0 Å². The number of hydrazine groups is 1.